The number of carboxylic acids is 1. The standard InChI is InChI=1S/C13H14N2O2S/c1-8-5-6-18-12(8)15(2)11-4-3-9(13(16)17)7-10(11)14/h3-7H,14H2,1-2H3,(H,16,17). The van der Waals surface area contributed by atoms with Gasteiger partial charge in [0.05, 0.1) is 21.9 Å². The summed E-state index contributed by atoms with van der Waals surface area (Å²) in [5, 5.41) is 12.0. The Morgan fingerprint density at radius 1 is 1.39 bits per heavy atom. The first-order valence-electron chi connectivity index (χ1n) is 5.41. The minimum atomic E-state index is -0.969. The molecule has 4 nitrogen and oxygen atoms in total. The third-order valence-corrected chi connectivity index (χ3v) is 3.87. The first-order valence-corrected chi connectivity index (χ1v) is 6.29. The largest absolute Gasteiger partial charge is 0.478 e. The van der Waals surface area contributed by atoms with E-state index < -0.39 is 5.97 Å². The number of thiophene rings is 1. The van der Waals surface area contributed by atoms with Crippen LogP contribution in [-0.2, 0) is 0 Å². The van der Waals surface area contributed by atoms with Gasteiger partial charge in [0.1, 0.15) is 0 Å². The zero-order chi connectivity index (χ0) is 13.3. The summed E-state index contributed by atoms with van der Waals surface area (Å²) < 4.78 is 0. The Morgan fingerprint density at radius 3 is 2.61 bits per heavy atom. The monoisotopic (exact) mass is 262 g/mol. The lowest BCUT2D eigenvalue weighted by atomic mass is 10.1. The van der Waals surface area contributed by atoms with Crippen LogP contribution in [0.5, 0.6) is 0 Å². The fourth-order valence-corrected chi connectivity index (χ4v) is 2.72. The van der Waals surface area contributed by atoms with Gasteiger partial charge < -0.3 is 15.7 Å². The Hall–Kier alpha value is -2.01. The van der Waals surface area contributed by atoms with Crippen LogP contribution in [0.25, 0.3) is 0 Å². The summed E-state index contributed by atoms with van der Waals surface area (Å²) in [6, 6.07) is 6.82. The number of nitrogen functional groups attached to an aromatic ring is 1. The number of rotatable bonds is 3. The van der Waals surface area contributed by atoms with Crippen LogP contribution in [0.4, 0.5) is 16.4 Å². The van der Waals surface area contributed by atoms with Crippen molar-refractivity contribution < 1.29 is 9.90 Å². The fraction of sp³-hybridized carbons (Fsp3) is 0.154. The molecule has 0 bridgehead atoms. The highest BCUT2D eigenvalue weighted by Gasteiger charge is 2.13. The van der Waals surface area contributed by atoms with Gasteiger partial charge in [-0.3, -0.25) is 0 Å². The number of hydrogen-bond donors (Lipinski definition) is 2. The van der Waals surface area contributed by atoms with E-state index in [1.54, 1.807) is 23.5 Å². The minimum absolute atomic E-state index is 0.201. The van der Waals surface area contributed by atoms with Crippen LogP contribution in [0, 0.1) is 6.92 Å². The highest BCUT2D eigenvalue weighted by Crippen LogP contribution is 2.34. The molecule has 0 spiro atoms. The summed E-state index contributed by atoms with van der Waals surface area (Å²) in [7, 11) is 1.92. The van der Waals surface area contributed by atoms with Gasteiger partial charge in [0.25, 0.3) is 0 Å². The summed E-state index contributed by atoms with van der Waals surface area (Å²) in [5.74, 6) is -0.969. The number of nitrogens with two attached hydrogens (primary N) is 1. The van der Waals surface area contributed by atoms with Crippen molar-refractivity contribution in [1.82, 2.24) is 0 Å². The van der Waals surface area contributed by atoms with Crippen LogP contribution in [0.3, 0.4) is 0 Å². The molecule has 1 aromatic heterocycles. The van der Waals surface area contributed by atoms with E-state index >= 15 is 0 Å². The third kappa shape index (κ3) is 2.17. The quantitative estimate of drug-likeness (QED) is 0.834. The molecule has 18 heavy (non-hydrogen) atoms. The zero-order valence-corrected chi connectivity index (χ0v) is 11.0. The van der Waals surface area contributed by atoms with Crippen LogP contribution in [0.1, 0.15) is 15.9 Å². The van der Waals surface area contributed by atoms with E-state index in [1.807, 2.05) is 30.3 Å². The molecule has 3 N–H and O–H groups in total. The second-order valence-corrected chi connectivity index (χ2v) is 4.94. The molecule has 5 heteroatoms. The van der Waals surface area contributed by atoms with Crippen molar-refractivity contribution >= 4 is 33.7 Å². The van der Waals surface area contributed by atoms with Crippen LogP contribution in [-0.4, -0.2) is 18.1 Å². The molecule has 1 aromatic carbocycles. The molecule has 0 amide bonds. The van der Waals surface area contributed by atoms with Crippen LogP contribution >= 0.6 is 11.3 Å². The average Bonchev–Trinajstić information content (AvgIpc) is 2.74. The first kappa shape index (κ1) is 12.4. The lowest BCUT2D eigenvalue weighted by Gasteiger charge is -2.20. The zero-order valence-electron chi connectivity index (χ0n) is 10.2. The van der Waals surface area contributed by atoms with Gasteiger partial charge in [0, 0.05) is 7.05 Å². The van der Waals surface area contributed by atoms with E-state index in [9.17, 15) is 4.79 Å². The Morgan fingerprint density at radius 2 is 2.11 bits per heavy atom. The Bertz CT molecular complexity index is 592. The maximum Gasteiger partial charge on any atom is 0.335 e. The summed E-state index contributed by atoms with van der Waals surface area (Å²) in [6.45, 7) is 2.03. The van der Waals surface area contributed by atoms with E-state index in [4.69, 9.17) is 10.8 Å². The van der Waals surface area contributed by atoms with E-state index in [2.05, 4.69) is 0 Å². The molecule has 1 heterocycles. The molecule has 0 aliphatic carbocycles. The number of nitrogens with zero attached hydrogens (tertiary/aromatic N) is 1. The normalized spacial score (nSPS) is 10.3. The topological polar surface area (TPSA) is 66.6 Å². The van der Waals surface area contributed by atoms with Gasteiger partial charge >= 0.3 is 5.97 Å². The lowest BCUT2D eigenvalue weighted by molar-refractivity contribution is 0.0697. The van der Waals surface area contributed by atoms with Crippen molar-refractivity contribution in [2.75, 3.05) is 17.7 Å². The van der Waals surface area contributed by atoms with E-state index in [-0.39, 0.29) is 5.56 Å². The minimum Gasteiger partial charge on any atom is -0.478 e. The summed E-state index contributed by atoms with van der Waals surface area (Å²) >= 11 is 1.63. The van der Waals surface area contributed by atoms with E-state index in [1.165, 1.54) is 11.6 Å². The van der Waals surface area contributed by atoms with Crippen LogP contribution < -0.4 is 10.6 Å². The second kappa shape index (κ2) is 4.70. The maximum atomic E-state index is 10.8. The van der Waals surface area contributed by atoms with E-state index in [0.717, 1.165) is 10.7 Å². The van der Waals surface area contributed by atoms with Crippen molar-refractivity contribution in [1.29, 1.82) is 0 Å². The molecule has 0 saturated heterocycles. The van der Waals surface area contributed by atoms with Crippen molar-refractivity contribution in [2.24, 2.45) is 0 Å². The Balaban J connectivity index is 2.40. The lowest BCUT2D eigenvalue weighted by Crippen LogP contribution is -2.12. The van der Waals surface area contributed by atoms with Crippen molar-refractivity contribution in [3.63, 3.8) is 0 Å². The number of aromatic carboxylic acids is 1. The summed E-state index contributed by atoms with van der Waals surface area (Å²) in [6.07, 6.45) is 0. The highest BCUT2D eigenvalue weighted by molar-refractivity contribution is 7.14. The number of aryl methyl sites for hydroxylation is 1. The molecule has 2 rings (SSSR count). The van der Waals surface area contributed by atoms with Gasteiger partial charge in [-0.05, 0) is 42.1 Å². The first-order chi connectivity index (χ1) is 8.50. The second-order valence-electron chi connectivity index (χ2n) is 4.05. The summed E-state index contributed by atoms with van der Waals surface area (Å²) in [5.41, 5.74) is 8.56. The van der Waals surface area contributed by atoms with Gasteiger partial charge in [0.15, 0.2) is 0 Å². The molecule has 0 aliphatic heterocycles. The van der Waals surface area contributed by atoms with Crippen molar-refractivity contribution in [2.45, 2.75) is 6.92 Å². The molecular formula is C13H14N2O2S. The Kier molecular flexibility index (Phi) is 3.25. The van der Waals surface area contributed by atoms with Crippen LogP contribution in [0.2, 0.25) is 0 Å². The Labute approximate surface area is 109 Å². The molecule has 94 valence electrons. The predicted octanol–water partition coefficient (Wildman–Crippen LogP) is 3.10. The average molecular weight is 262 g/mol. The number of benzene rings is 1. The van der Waals surface area contributed by atoms with Gasteiger partial charge in [-0.15, -0.1) is 11.3 Å². The van der Waals surface area contributed by atoms with E-state index in [0.29, 0.717) is 5.69 Å². The molecule has 2 aromatic rings. The van der Waals surface area contributed by atoms with Crippen LogP contribution in [0.15, 0.2) is 29.6 Å². The number of carbonyl (C=O) groups is 1. The van der Waals surface area contributed by atoms with Gasteiger partial charge in [-0.1, -0.05) is 0 Å². The molecular weight excluding hydrogens is 248 g/mol. The maximum absolute atomic E-state index is 10.8. The molecule has 0 unspecified atom stereocenters. The molecule has 0 aliphatic rings. The fourth-order valence-electron chi connectivity index (χ4n) is 1.81. The molecule has 0 atom stereocenters. The smallest absolute Gasteiger partial charge is 0.335 e. The SMILES string of the molecule is Cc1ccsc1N(C)c1ccc(C(=O)O)cc1N. The highest BCUT2D eigenvalue weighted by atomic mass is 32.1. The van der Waals surface area contributed by atoms with Gasteiger partial charge in [0.2, 0.25) is 0 Å². The van der Waals surface area contributed by atoms with Crippen molar-refractivity contribution in [3.8, 4) is 0 Å². The molecule has 0 saturated carbocycles. The van der Waals surface area contributed by atoms with Crippen molar-refractivity contribution in [3.05, 3.63) is 40.8 Å². The number of anilines is 3. The molecule has 0 radical (unpaired) electrons. The van der Waals surface area contributed by atoms with Gasteiger partial charge in [-0.2, -0.15) is 0 Å². The van der Waals surface area contributed by atoms with Gasteiger partial charge in [-0.25, -0.2) is 4.79 Å². The third-order valence-electron chi connectivity index (χ3n) is 2.78. The summed E-state index contributed by atoms with van der Waals surface area (Å²) in [4.78, 5) is 12.8. The number of carboxylic acid groups (broad SMARTS) is 1. The molecule has 0 fully saturated rings. The predicted molar refractivity (Wildman–Crippen MR) is 74.9 cm³/mol. The number of hydrogen-bond acceptors (Lipinski definition) is 4.